The van der Waals surface area contributed by atoms with Gasteiger partial charge in [-0.15, -0.1) is 0 Å². The number of hydrogen-bond acceptors (Lipinski definition) is 3. The lowest BCUT2D eigenvalue weighted by Crippen LogP contribution is -2.44. The van der Waals surface area contributed by atoms with Gasteiger partial charge in [0, 0.05) is 19.6 Å². The van der Waals surface area contributed by atoms with Crippen LogP contribution < -0.4 is 0 Å². The molecule has 1 aliphatic heterocycles. The molecule has 1 saturated heterocycles. The zero-order valence-electron chi connectivity index (χ0n) is 13.5. The molecule has 1 heterocycles. The number of carboxylic acids is 1. The third-order valence-corrected chi connectivity index (χ3v) is 4.10. The number of hydrogen-bond donors (Lipinski definition) is 1. The summed E-state index contributed by atoms with van der Waals surface area (Å²) in [6.07, 6.45) is -11.1. The van der Waals surface area contributed by atoms with E-state index in [9.17, 15) is 31.1 Å². The van der Waals surface area contributed by atoms with E-state index in [1.54, 1.807) is 0 Å². The van der Waals surface area contributed by atoms with E-state index in [2.05, 4.69) is 0 Å². The summed E-state index contributed by atoms with van der Waals surface area (Å²) in [5.74, 6) is -3.62. The summed E-state index contributed by atoms with van der Waals surface area (Å²) in [4.78, 5) is 12.0. The van der Waals surface area contributed by atoms with E-state index in [1.807, 2.05) is 0 Å². The second-order valence-electron chi connectivity index (χ2n) is 6.08. The fourth-order valence-corrected chi connectivity index (χ4v) is 2.79. The van der Waals surface area contributed by atoms with Gasteiger partial charge in [0.1, 0.15) is 0 Å². The van der Waals surface area contributed by atoms with Crippen LogP contribution in [-0.2, 0) is 15.7 Å². The van der Waals surface area contributed by atoms with Crippen molar-refractivity contribution in [3.05, 3.63) is 35.4 Å². The maximum absolute atomic E-state index is 13.0. The second-order valence-corrected chi connectivity index (χ2v) is 6.08. The molecular formula is C16H17F6NO3. The molecule has 1 aromatic carbocycles. The van der Waals surface area contributed by atoms with Crippen LogP contribution in [0.2, 0.25) is 0 Å². The predicted molar refractivity (Wildman–Crippen MR) is 78.4 cm³/mol. The van der Waals surface area contributed by atoms with E-state index >= 15 is 0 Å². The molecule has 146 valence electrons. The Morgan fingerprint density at radius 3 is 2.54 bits per heavy atom. The minimum Gasteiger partial charge on any atom is -0.481 e. The quantitative estimate of drug-likeness (QED) is 0.785. The van der Waals surface area contributed by atoms with Crippen molar-refractivity contribution in [2.24, 2.45) is 5.92 Å². The topological polar surface area (TPSA) is 49.8 Å². The molecule has 0 aromatic heterocycles. The van der Waals surface area contributed by atoms with Gasteiger partial charge >= 0.3 is 18.3 Å². The van der Waals surface area contributed by atoms with E-state index in [1.165, 1.54) is 17.0 Å². The molecule has 0 spiro atoms. The number of benzene rings is 1. The Hall–Kier alpha value is -1.81. The van der Waals surface area contributed by atoms with Crippen molar-refractivity contribution in [2.45, 2.75) is 24.9 Å². The average molecular weight is 385 g/mol. The van der Waals surface area contributed by atoms with Crippen LogP contribution in [0.3, 0.4) is 0 Å². The highest BCUT2D eigenvalue weighted by Gasteiger charge is 2.42. The van der Waals surface area contributed by atoms with E-state index in [4.69, 9.17) is 9.84 Å². The number of alkyl halides is 6. The lowest BCUT2D eigenvalue weighted by Gasteiger charge is -2.35. The van der Waals surface area contributed by atoms with Crippen molar-refractivity contribution in [3.8, 4) is 0 Å². The number of carboxylic acid groups (broad SMARTS) is 1. The van der Waals surface area contributed by atoms with E-state index in [-0.39, 0.29) is 25.3 Å². The van der Waals surface area contributed by atoms with Crippen molar-refractivity contribution in [1.82, 2.24) is 4.90 Å². The molecule has 0 amide bonds. The summed E-state index contributed by atoms with van der Waals surface area (Å²) in [5, 5.41) is 8.66. The number of carbonyl (C=O) groups is 1. The van der Waals surface area contributed by atoms with Gasteiger partial charge in [0.2, 0.25) is 0 Å². The molecule has 0 aliphatic carbocycles. The van der Waals surface area contributed by atoms with Crippen molar-refractivity contribution >= 4 is 5.97 Å². The highest BCUT2D eigenvalue weighted by molar-refractivity contribution is 5.67. The van der Waals surface area contributed by atoms with Crippen LogP contribution in [0.15, 0.2) is 24.3 Å². The Morgan fingerprint density at radius 1 is 1.27 bits per heavy atom. The normalized spacial score (nSPS) is 20.8. The number of halogens is 6. The molecule has 1 aromatic rings. The highest BCUT2D eigenvalue weighted by Crippen LogP contribution is 2.34. The van der Waals surface area contributed by atoms with Crippen molar-refractivity contribution in [3.63, 3.8) is 0 Å². The first-order valence-electron chi connectivity index (χ1n) is 7.76. The summed E-state index contributed by atoms with van der Waals surface area (Å²) >= 11 is 0. The maximum atomic E-state index is 13.0. The monoisotopic (exact) mass is 385 g/mol. The fourth-order valence-electron chi connectivity index (χ4n) is 2.79. The summed E-state index contributed by atoms with van der Waals surface area (Å²) < 4.78 is 82.8. The number of rotatable bonds is 5. The molecule has 1 fully saturated rings. The van der Waals surface area contributed by atoms with Crippen LogP contribution in [0.25, 0.3) is 0 Å². The average Bonchev–Trinajstić information content (AvgIpc) is 2.53. The van der Waals surface area contributed by atoms with E-state index in [0.717, 1.165) is 12.1 Å². The first kappa shape index (κ1) is 20.5. The minimum atomic E-state index is -4.68. The smallest absolute Gasteiger partial charge is 0.416 e. The molecule has 1 N–H and O–H groups in total. The van der Waals surface area contributed by atoms with E-state index < -0.39 is 48.9 Å². The lowest BCUT2D eigenvalue weighted by molar-refractivity contribution is -0.189. The van der Waals surface area contributed by atoms with Gasteiger partial charge < -0.3 is 9.84 Å². The molecule has 1 aliphatic rings. The third kappa shape index (κ3) is 5.60. The predicted octanol–water partition coefficient (Wildman–Crippen LogP) is 3.73. The first-order chi connectivity index (χ1) is 12.0. The highest BCUT2D eigenvalue weighted by atomic mass is 19.4. The van der Waals surface area contributed by atoms with Gasteiger partial charge in [0.25, 0.3) is 0 Å². The zero-order valence-corrected chi connectivity index (χ0v) is 13.5. The molecule has 10 heteroatoms. The first-order valence-corrected chi connectivity index (χ1v) is 7.76. The molecule has 2 rings (SSSR count). The third-order valence-electron chi connectivity index (χ3n) is 4.10. The molecule has 2 atom stereocenters. The van der Waals surface area contributed by atoms with Gasteiger partial charge in [-0.2, -0.15) is 26.3 Å². The van der Waals surface area contributed by atoms with Crippen LogP contribution in [0.5, 0.6) is 0 Å². The maximum Gasteiger partial charge on any atom is 0.416 e. The summed E-state index contributed by atoms with van der Waals surface area (Å²) in [7, 11) is 0. The van der Waals surface area contributed by atoms with Gasteiger partial charge in [0.15, 0.2) is 0 Å². The Bertz CT molecular complexity index is 631. The van der Waals surface area contributed by atoms with Crippen LogP contribution in [0.1, 0.15) is 23.7 Å². The van der Waals surface area contributed by atoms with Crippen LogP contribution >= 0.6 is 0 Å². The largest absolute Gasteiger partial charge is 0.481 e. The summed E-state index contributed by atoms with van der Waals surface area (Å²) in [6.45, 7) is -0.414. The van der Waals surface area contributed by atoms with Crippen molar-refractivity contribution in [1.29, 1.82) is 0 Å². The van der Waals surface area contributed by atoms with Crippen LogP contribution in [-0.4, -0.2) is 48.4 Å². The summed E-state index contributed by atoms with van der Waals surface area (Å²) in [6, 6.07) is 4.44. The van der Waals surface area contributed by atoms with Crippen LogP contribution in [0, 0.1) is 5.92 Å². The number of nitrogens with zero attached hydrogens (tertiary/aromatic N) is 1. The molecule has 0 bridgehead atoms. The Morgan fingerprint density at radius 2 is 1.96 bits per heavy atom. The fraction of sp³-hybridized carbons (Fsp3) is 0.562. The molecule has 26 heavy (non-hydrogen) atoms. The standard InChI is InChI=1S/C16H17F6NO3/c17-15(18,19)11-3-1-2-10(6-11)13-9-23(4-5-26-13)8-12(7-14(24)25)16(20,21)22/h1-3,6,12-13H,4-5,7-9H2,(H,24,25)/t12-,13-/m1/s1. The zero-order chi connectivity index (χ0) is 19.5. The number of morpholine rings is 1. The van der Waals surface area contributed by atoms with Gasteiger partial charge in [-0.25, -0.2) is 0 Å². The Labute approximate surface area is 145 Å². The Kier molecular flexibility index (Phi) is 6.17. The minimum absolute atomic E-state index is 0.0402. The van der Waals surface area contributed by atoms with Crippen molar-refractivity contribution < 1.29 is 41.0 Å². The van der Waals surface area contributed by atoms with E-state index in [0.29, 0.717) is 0 Å². The molecule has 4 nitrogen and oxygen atoms in total. The van der Waals surface area contributed by atoms with Gasteiger partial charge in [-0.1, -0.05) is 12.1 Å². The Balaban J connectivity index is 2.10. The molecule has 0 radical (unpaired) electrons. The molecular weight excluding hydrogens is 368 g/mol. The molecule has 0 unspecified atom stereocenters. The second kappa shape index (κ2) is 7.83. The van der Waals surface area contributed by atoms with Gasteiger partial charge in [0.05, 0.1) is 30.6 Å². The number of aliphatic carboxylic acids is 1. The number of ether oxygens (including phenoxy) is 1. The molecule has 0 saturated carbocycles. The summed E-state index contributed by atoms with van der Waals surface area (Å²) in [5.41, 5.74) is -0.652. The SMILES string of the molecule is O=C(O)C[C@H](CN1CCO[C@@H](c2cccc(C(F)(F)F)c2)C1)C(F)(F)F. The van der Waals surface area contributed by atoms with Gasteiger partial charge in [-0.3, -0.25) is 9.69 Å². The lowest BCUT2D eigenvalue weighted by atomic mass is 10.0. The van der Waals surface area contributed by atoms with Crippen molar-refractivity contribution in [2.75, 3.05) is 26.2 Å². The van der Waals surface area contributed by atoms with Gasteiger partial charge in [-0.05, 0) is 17.7 Å². The van der Waals surface area contributed by atoms with Crippen LogP contribution in [0.4, 0.5) is 26.3 Å².